The number of rotatable bonds is 1. The van der Waals surface area contributed by atoms with E-state index < -0.39 is 0 Å². The number of halogens is 2. The summed E-state index contributed by atoms with van der Waals surface area (Å²) in [6, 6.07) is 9.15. The Kier molecular flexibility index (Phi) is 3.51. The molecule has 3 rings (SSSR count). The molecule has 6 heteroatoms. The third-order valence-electron chi connectivity index (χ3n) is 3.12. The van der Waals surface area contributed by atoms with E-state index in [2.05, 4.69) is 10.3 Å². The number of benzene rings is 1. The summed E-state index contributed by atoms with van der Waals surface area (Å²) in [6.07, 6.45) is 1.64. The molecule has 0 spiro atoms. The van der Waals surface area contributed by atoms with E-state index in [9.17, 15) is 4.79 Å². The zero-order valence-corrected chi connectivity index (χ0v) is 11.9. The molecule has 0 bridgehead atoms. The highest BCUT2D eigenvalue weighted by Crippen LogP contribution is 2.37. The van der Waals surface area contributed by atoms with Gasteiger partial charge < -0.3 is 5.32 Å². The van der Waals surface area contributed by atoms with Gasteiger partial charge in [-0.1, -0.05) is 17.7 Å². The molecule has 1 aromatic carbocycles. The number of amides is 1. The second-order valence-electron chi connectivity index (χ2n) is 4.36. The van der Waals surface area contributed by atoms with Crippen molar-refractivity contribution >= 4 is 46.3 Å². The monoisotopic (exact) mass is 307 g/mol. The molecular formula is C14H11Cl2N3O. The smallest absolute Gasteiger partial charge is 0.247 e. The van der Waals surface area contributed by atoms with E-state index in [1.54, 1.807) is 18.3 Å². The van der Waals surface area contributed by atoms with Gasteiger partial charge >= 0.3 is 0 Å². The summed E-state index contributed by atoms with van der Waals surface area (Å²) in [5.74, 6) is 0.181. The number of carbonyl (C=O) groups excluding carboxylic acids is 1. The number of anilines is 3. The highest BCUT2D eigenvalue weighted by atomic mass is 35.5. The molecule has 2 heterocycles. The maximum absolute atomic E-state index is 12.2. The van der Waals surface area contributed by atoms with Gasteiger partial charge in [0.15, 0.2) is 5.82 Å². The third kappa shape index (κ3) is 2.21. The van der Waals surface area contributed by atoms with Crippen LogP contribution in [0, 0.1) is 0 Å². The van der Waals surface area contributed by atoms with Gasteiger partial charge in [0, 0.05) is 17.8 Å². The largest absolute Gasteiger partial charge is 0.378 e. The number of fused-ring (bicyclic) bond motifs is 2. The van der Waals surface area contributed by atoms with Gasteiger partial charge in [-0.15, -0.1) is 11.6 Å². The summed E-state index contributed by atoms with van der Waals surface area (Å²) in [4.78, 5) is 18.1. The lowest BCUT2D eigenvalue weighted by atomic mass is 10.1. The molecule has 1 N–H and O–H groups in total. The second kappa shape index (κ2) is 5.31. The van der Waals surface area contributed by atoms with Crippen molar-refractivity contribution in [3.8, 4) is 0 Å². The minimum Gasteiger partial charge on any atom is -0.378 e. The molecule has 0 radical (unpaired) electrons. The molecule has 0 unspecified atom stereocenters. The summed E-state index contributed by atoms with van der Waals surface area (Å²) in [7, 11) is 0. The Morgan fingerprint density at radius 2 is 2.25 bits per heavy atom. The maximum Gasteiger partial charge on any atom is 0.247 e. The van der Waals surface area contributed by atoms with Crippen molar-refractivity contribution in [3.63, 3.8) is 0 Å². The number of nitrogens with zero attached hydrogens (tertiary/aromatic N) is 2. The summed E-state index contributed by atoms with van der Waals surface area (Å²) >= 11 is 11.8. The number of pyridine rings is 1. The number of nitrogens with one attached hydrogen (secondary N) is 1. The standard InChI is InChI=1S/C14H11Cl2N3O/c15-7-13(20)19-12-6-10(16)4-3-9(12)8-18-11-2-1-5-17-14(11)19/h1-6,18H,7-8H2. The Morgan fingerprint density at radius 1 is 1.40 bits per heavy atom. The quantitative estimate of drug-likeness (QED) is 0.819. The van der Waals surface area contributed by atoms with E-state index in [4.69, 9.17) is 23.2 Å². The maximum atomic E-state index is 12.2. The highest BCUT2D eigenvalue weighted by Gasteiger charge is 2.26. The molecular weight excluding hydrogens is 297 g/mol. The minimum atomic E-state index is -0.237. The van der Waals surface area contributed by atoms with Crippen LogP contribution in [0.4, 0.5) is 17.2 Å². The number of carbonyl (C=O) groups is 1. The molecule has 2 aromatic rings. The van der Waals surface area contributed by atoms with Crippen LogP contribution in [-0.4, -0.2) is 16.8 Å². The van der Waals surface area contributed by atoms with Gasteiger partial charge in [-0.2, -0.15) is 0 Å². The van der Waals surface area contributed by atoms with E-state index in [1.165, 1.54) is 4.90 Å². The average molecular weight is 308 g/mol. The van der Waals surface area contributed by atoms with Gasteiger partial charge in [-0.25, -0.2) is 4.98 Å². The summed E-state index contributed by atoms with van der Waals surface area (Å²) in [6.45, 7) is 0.595. The van der Waals surface area contributed by atoms with Gasteiger partial charge in [0.2, 0.25) is 5.91 Å². The van der Waals surface area contributed by atoms with Crippen LogP contribution < -0.4 is 10.2 Å². The molecule has 0 saturated carbocycles. The van der Waals surface area contributed by atoms with Crippen molar-refractivity contribution < 1.29 is 4.79 Å². The minimum absolute atomic E-state index is 0.123. The number of aromatic nitrogens is 1. The first-order chi connectivity index (χ1) is 9.70. The Hall–Kier alpha value is -1.78. The predicted octanol–water partition coefficient (Wildman–Crippen LogP) is 3.56. The zero-order chi connectivity index (χ0) is 14.1. The number of alkyl halides is 1. The van der Waals surface area contributed by atoms with Gasteiger partial charge in [0.25, 0.3) is 0 Å². The van der Waals surface area contributed by atoms with E-state index in [-0.39, 0.29) is 11.8 Å². The molecule has 0 aliphatic carbocycles. The topological polar surface area (TPSA) is 45.2 Å². The average Bonchev–Trinajstić information content (AvgIpc) is 2.63. The van der Waals surface area contributed by atoms with Crippen LogP contribution in [-0.2, 0) is 11.3 Å². The normalized spacial score (nSPS) is 13.0. The Balaban J connectivity index is 2.24. The molecule has 1 aliphatic heterocycles. The fraction of sp³-hybridized carbons (Fsp3) is 0.143. The van der Waals surface area contributed by atoms with Crippen molar-refractivity contribution in [1.29, 1.82) is 0 Å². The summed E-state index contributed by atoms with van der Waals surface area (Å²) in [5, 5.41) is 3.83. The SMILES string of the molecule is O=C(CCl)N1c2cc(Cl)ccc2CNc2cccnc21. The molecule has 1 amide bonds. The van der Waals surface area contributed by atoms with Gasteiger partial charge in [0.05, 0.1) is 11.4 Å². The fourth-order valence-corrected chi connectivity index (χ4v) is 2.51. The first kappa shape index (κ1) is 13.2. The number of hydrogen-bond donors (Lipinski definition) is 1. The van der Waals surface area contributed by atoms with E-state index >= 15 is 0 Å². The Bertz CT molecular complexity index is 675. The van der Waals surface area contributed by atoms with Crippen LogP contribution in [0.2, 0.25) is 5.02 Å². The van der Waals surface area contributed by atoms with Crippen molar-refractivity contribution in [1.82, 2.24) is 4.98 Å². The van der Waals surface area contributed by atoms with Gasteiger partial charge in [-0.3, -0.25) is 9.69 Å². The lowest BCUT2D eigenvalue weighted by Gasteiger charge is -2.22. The zero-order valence-electron chi connectivity index (χ0n) is 10.4. The Morgan fingerprint density at radius 3 is 3.05 bits per heavy atom. The summed E-state index contributed by atoms with van der Waals surface area (Å²) in [5.41, 5.74) is 2.47. The van der Waals surface area contributed by atoms with Crippen LogP contribution >= 0.6 is 23.2 Å². The highest BCUT2D eigenvalue weighted by molar-refractivity contribution is 6.32. The van der Waals surface area contributed by atoms with Crippen molar-refractivity contribution in [2.45, 2.75) is 6.54 Å². The molecule has 1 aromatic heterocycles. The molecule has 20 heavy (non-hydrogen) atoms. The second-order valence-corrected chi connectivity index (χ2v) is 5.07. The van der Waals surface area contributed by atoms with Gasteiger partial charge in [-0.05, 0) is 29.8 Å². The molecule has 1 aliphatic rings. The molecule has 4 nitrogen and oxygen atoms in total. The Labute approximate surface area is 126 Å². The molecule has 102 valence electrons. The van der Waals surface area contributed by atoms with Crippen molar-refractivity contribution in [2.24, 2.45) is 0 Å². The first-order valence-electron chi connectivity index (χ1n) is 6.07. The van der Waals surface area contributed by atoms with Gasteiger partial charge in [0.1, 0.15) is 5.88 Å². The van der Waals surface area contributed by atoms with Crippen LogP contribution in [0.5, 0.6) is 0 Å². The first-order valence-corrected chi connectivity index (χ1v) is 6.98. The van der Waals surface area contributed by atoms with Crippen LogP contribution in [0.15, 0.2) is 36.5 Å². The van der Waals surface area contributed by atoms with E-state index in [0.717, 1.165) is 11.3 Å². The van der Waals surface area contributed by atoms with Crippen LogP contribution in [0.1, 0.15) is 5.56 Å². The molecule has 0 atom stereocenters. The fourth-order valence-electron chi connectivity index (χ4n) is 2.22. The van der Waals surface area contributed by atoms with E-state index in [1.807, 2.05) is 18.2 Å². The van der Waals surface area contributed by atoms with Crippen LogP contribution in [0.3, 0.4) is 0 Å². The number of hydrogen-bond acceptors (Lipinski definition) is 3. The predicted molar refractivity (Wildman–Crippen MR) is 80.9 cm³/mol. The van der Waals surface area contributed by atoms with Crippen molar-refractivity contribution in [2.75, 3.05) is 16.1 Å². The lowest BCUT2D eigenvalue weighted by molar-refractivity contribution is -0.115. The molecule has 0 saturated heterocycles. The van der Waals surface area contributed by atoms with E-state index in [0.29, 0.717) is 23.1 Å². The lowest BCUT2D eigenvalue weighted by Crippen LogP contribution is -2.28. The van der Waals surface area contributed by atoms with Crippen LogP contribution in [0.25, 0.3) is 0 Å². The third-order valence-corrected chi connectivity index (χ3v) is 3.58. The van der Waals surface area contributed by atoms with Crippen molar-refractivity contribution in [3.05, 3.63) is 47.1 Å². The summed E-state index contributed by atoms with van der Waals surface area (Å²) < 4.78 is 0. The molecule has 0 fully saturated rings.